The van der Waals surface area contributed by atoms with Gasteiger partial charge in [0.15, 0.2) is 0 Å². The number of nitrogens with zero attached hydrogens (tertiary/aromatic N) is 1. The molecular formula is C20H26N2O4. The van der Waals surface area contributed by atoms with Gasteiger partial charge < -0.3 is 19.2 Å². The Labute approximate surface area is 154 Å². The van der Waals surface area contributed by atoms with Crippen LogP contribution in [0.5, 0.6) is 5.75 Å². The molecule has 1 aliphatic heterocycles. The normalized spacial score (nSPS) is 18.0. The minimum atomic E-state index is -0.117. The molecular weight excluding hydrogens is 332 g/mol. The summed E-state index contributed by atoms with van der Waals surface area (Å²) >= 11 is 0. The monoisotopic (exact) mass is 358 g/mol. The first-order chi connectivity index (χ1) is 12.6. The van der Waals surface area contributed by atoms with E-state index in [1.165, 1.54) is 0 Å². The van der Waals surface area contributed by atoms with Gasteiger partial charge in [-0.1, -0.05) is 0 Å². The van der Waals surface area contributed by atoms with Crippen LogP contribution in [0.2, 0.25) is 0 Å². The number of carbonyl (C=O) groups is 1. The largest absolute Gasteiger partial charge is 0.491 e. The van der Waals surface area contributed by atoms with Crippen molar-refractivity contribution in [2.45, 2.75) is 25.0 Å². The summed E-state index contributed by atoms with van der Waals surface area (Å²) in [6.45, 7) is 1.84. The molecule has 1 aliphatic rings. The number of furan rings is 1. The van der Waals surface area contributed by atoms with Crippen molar-refractivity contribution in [2.75, 3.05) is 33.9 Å². The van der Waals surface area contributed by atoms with E-state index in [1.54, 1.807) is 18.4 Å². The Hall–Kier alpha value is -2.31. The van der Waals surface area contributed by atoms with E-state index in [0.717, 1.165) is 31.0 Å². The van der Waals surface area contributed by atoms with Crippen LogP contribution in [0.25, 0.3) is 0 Å². The molecule has 6 heteroatoms. The van der Waals surface area contributed by atoms with E-state index in [9.17, 15) is 4.79 Å². The minimum Gasteiger partial charge on any atom is -0.491 e. The topological polar surface area (TPSA) is 63.9 Å². The molecule has 0 saturated carbocycles. The van der Waals surface area contributed by atoms with E-state index >= 15 is 0 Å². The van der Waals surface area contributed by atoms with Gasteiger partial charge in [0.05, 0.1) is 18.4 Å². The number of carbonyl (C=O) groups excluding carboxylic acids is 1. The highest BCUT2D eigenvalue weighted by Crippen LogP contribution is 2.19. The van der Waals surface area contributed by atoms with Gasteiger partial charge in [0.25, 0.3) is 5.91 Å². The number of rotatable bonds is 8. The number of amides is 1. The predicted molar refractivity (Wildman–Crippen MR) is 98.4 cm³/mol. The van der Waals surface area contributed by atoms with Gasteiger partial charge in [0.2, 0.25) is 0 Å². The highest BCUT2D eigenvalue weighted by Gasteiger charge is 2.19. The first-order valence-electron chi connectivity index (χ1n) is 8.96. The maximum Gasteiger partial charge on any atom is 0.251 e. The van der Waals surface area contributed by atoms with Gasteiger partial charge in [-0.3, -0.25) is 9.69 Å². The molecule has 1 aromatic heterocycles. The molecule has 0 bridgehead atoms. The van der Waals surface area contributed by atoms with Gasteiger partial charge in [-0.15, -0.1) is 0 Å². The molecule has 1 saturated heterocycles. The number of ether oxygens (including phenoxy) is 2. The molecule has 1 aromatic carbocycles. The van der Waals surface area contributed by atoms with Gasteiger partial charge in [0.1, 0.15) is 18.1 Å². The zero-order chi connectivity index (χ0) is 18.4. The summed E-state index contributed by atoms with van der Waals surface area (Å²) in [7, 11) is 3.92. The molecule has 0 radical (unpaired) electrons. The summed E-state index contributed by atoms with van der Waals surface area (Å²) < 4.78 is 16.7. The lowest BCUT2D eigenvalue weighted by molar-refractivity contribution is 0.0679. The van der Waals surface area contributed by atoms with Crippen LogP contribution in [0.4, 0.5) is 0 Å². The van der Waals surface area contributed by atoms with Crippen LogP contribution in [0.1, 0.15) is 35.0 Å². The molecule has 26 heavy (non-hydrogen) atoms. The van der Waals surface area contributed by atoms with E-state index in [1.807, 2.05) is 43.3 Å². The first kappa shape index (κ1) is 18.5. The Bertz CT molecular complexity index is 676. The Morgan fingerprint density at radius 2 is 2.12 bits per heavy atom. The third kappa shape index (κ3) is 4.86. The highest BCUT2D eigenvalue weighted by atomic mass is 16.5. The Morgan fingerprint density at radius 3 is 2.73 bits per heavy atom. The summed E-state index contributed by atoms with van der Waals surface area (Å²) in [5, 5.41) is 2.96. The van der Waals surface area contributed by atoms with Crippen LogP contribution in [-0.2, 0) is 4.74 Å². The van der Waals surface area contributed by atoms with Crippen LogP contribution < -0.4 is 10.1 Å². The van der Waals surface area contributed by atoms with E-state index in [2.05, 4.69) is 5.32 Å². The molecule has 1 amide bonds. The standard InChI is InChI=1S/C20H26N2O4/c1-22(2)18(19-6-4-12-25-19)13-21-20(23)15-7-9-16(10-8-15)26-14-17-5-3-11-24-17/h4,6-10,12,17-18H,3,5,11,13-14H2,1-2H3,(H,21,23)/t17-,18-/m0/s1. The quantitative estimate of drug-likeness (QED) is 0.786. The van der Waals surface area contributed by atoms with E-state index in [0.29, 0.717) is 18.7 Å². The lowest BCUT2D eigenvalue weighted by Gasteiger charge is -2.22. The van der Waals surface area contributed by atoms with Gasteiger partial charge in [0, 0.05) is 18.7 Å². The second kappa shape index (κ2) is 8.87. The summed E-state index contributed by atoms with van der Waals surface area (Å²) in [5.41, 5.74) is 0.603. The van der Waals surface area contributed by atoms with Crippen LogP contribution in [0.15, 0.2) is 47.1 Å². The summed E-state index contributed by atoms with van der Waals surface area (Å²) in [6, 6.07) is 10.9. The maximum atomic E-state index is 12.4. The molecule has 3 rings (SSSR count). The molecule has 0 unspecified atom stereocenters. The van der Waals surface area contributed by atoms with Crippen molar-refractivity contribution in [3.05, 3.63) is 54.0 Å². The van der Waals surface area contributed by atoms with Crippen molar-refractivity contribution in [1.82, 2.24) is 10.2 Å². The van der Waals surface area contributed by atoms with E-state index in [4.69, 9.17) is 13.9 Å². The molecule has 6 nitrogen and oxygen atoms in total. The molecule has 1 N–H and O–H groups in total. The minimum absolute atomic E-state index is 0.0111. The Balaban J connectivity index is 1.50. The third-order valence-corrected chi connectivity index (χ3v) is 4.53. The van der Waals surface area contributed by atoms with Gasteiger partial charge >= 0.3 is 0 Å². The summed E-state index contributed by atoms with van der Waals surface area (Å²) in [5.74, 6) is 1.46. The number of likely N-dealkylation sites (N-methyl/N-ethyl adjacent to an activating group) is 1. The van der Waals surface area contributed by atoms with Crippen molar-refractivity contribution in [3.63, 3.8) is 0 Å². The van der Waals surface area contributed by atoms with Crippen molar-refractivity contribution >= 4 is 5.91 Å². The first-order valence-corrected chi connectivity index (χ1v) is 8.96. The van der Waals surface area contributed by atoms with Gasteiger partial charge in [-0.25, -0.2) is 0 Å². The Kier molecular flexibility index (Phi) is 6.30. The van der Waals surface area contributed by atoms with Crippen molar-refractivity contribution < 1.29 is 18.7 Å². The van der Waals surface area contributed by atoms with Crippen molar-refractivity contribution in [1.29, 1.82) is 0 Å². The molecule has 2 heterocycles. The second-order valence-electron chi connectivity index (χ2n) is 6.68. The lowest BCUT2D eigenvalue weighted by atomic mass is 10.1. The fourth-order valence-corrected chi connectivity index (χ4v) is 2.98. The molecule has 2 aromatic rings. The van der Waals surface area contributed by atoms with Crippen molar-refractivity contribution in [3.8, 4) is 5.75 Å². The van der Waals surface area contributed by atoms with E-state index in [-0.39, 0.29) is 18.1 Å². The van der Waals surface area contributed by atoms with Crippen LogP contribution in [-0.4, -0.2) is 50.8 Å². The second-order valence-corrected chi connectivity index (χ2v) is 6.68. The fourth-order valence-electron chi connectivity index (χ4n) is 2.98. The average molecular weight is 358 g/mol. The van der Waals surface area contributed by atoms with Gasteiger partial charge in [-0.2, -0.15) is 0 Å². The van der Waals surface area contributed by atoms with Crippen LogP contribution in [0.3, 0.4) is 0 Å². The molecule has 2 atom stereocenters. The average Bonchev–Trinajstić information content (AvgIpc) is 3.34. The van der Waals surface area contributed by atoms with Crippen molar-refractivity contribution in [2.24, 2.45) is 0 Å². The maximum absolute atomic E-state index is 12.4. The number of benzene rings is 1. The molecule has 0 aliphatic carbocycles. The Morgan fingerprint density at radius 1 is 1.31 bits per heavy atom. The van der Waals surface area contributed by atoms with Crippen LogP contribution >= 0.6 is 0 Å². The number of nitrogens with one attached hydrogen (secondary N) is 1. The number of hydrogen-bond acceptors (Lipinski definition) is 5. The zero-order valence-corrected chi connectivity index (χ0v) is 15.3. The zero-order valence-electron chi connectivity index (χ0n) is 15.3. The van der Waals surface area contributed by atoms with Gasteiger partial charge in [-0.05, 0) is 63.3 Å². The fraction of sp³-hybridized carbons (Fsp3) is 0.450. The lowest BCUT2D eigenvalue weighted by Crippen LogP contribution is -2.34. The molecule has 140 valence electrons. The molecule has 0 spiro atoms. The predicted octanol–water partition coefficient (Wildman–Crippen LogP) is 2.87. The number of hydrogen-bond donors (Lipinski definition) is 1. The summed E-state index contributed by atoms with van der Waals surface area (Å²) in [4.78, 5) is 14.4. The van der Waals surface area contributed by atoms with Crippen LogP contribution in [0, 0.1) is 0 Å². The molecule has 1 fully saturated rings. The van der Waals surface area contributed by atoms with E-state index < -0.39 is 0 Å². The summed E-state index contributed by atoms with van der Waals surface area (Å²) in [6.07, 6.45) is 3.97. The highest BCUT2D eigenvalue weighted by molar-refractivity contribution is 5.94. The smallest absolute Gasteiger partial charge is 0.251 e. The SMILES string of the molecule is CN(C)[C@@H](CNC(=O)c1ccc(OC[C@@H]2CCCO2)cc1)c1ccco1. The third-order valence-electron chi connectivity index (χ3n) is 4.53.